The Bertz CT molecular complexity index is 302. The Kier molecular flexibility index (Phi) is 4.11. The van der Waals surface area contributed by atoms with E-state index in [2.05, 4.69) is 27.3 Å². The van der Waals surface area contributed by atoms with E-state index < -0.39 is 6.10 Å². The van der Waals surface area contributed by atoms with E-state index >= 15 is 0 Å². The van der Waals surface area contributed by atoms with E-state index in [0.717, 1.165) is 15.6 Å². The number of rotatable bonds is 3. The molecule has 0 heterocycles. The van der Waals surface area contributed by atoms with E-state index in [1.54, 1.807) is 0 Å². The largest absolute Gasteiger partial charge is 0.387 e. The van der Waals surface area contributed by atoms with Crippen molar-refractivity contribution < 1.29 is 5.11 Å². The lowest BCUT2D eigenvalue weighted by Crippen LogP contribution is -2.18. The van der Waals surface area contributed by atoms with Gasteiger partial charge >= 0.3 is 0 Å². The van der Waals surface area contributed by atoms with Crippen molar-refractivity contribution in [1.29, 1.82) is 0 Å². The Morgan fingerprint density at radius 2 is 2.07 bits per heavy atom. The predicted molar refractivity (Wildman–Crippen MR) is 62.5 cm³/mol. The lowest BCUT2D eigenvalue weighted by molar-refractivity contribution is 0.176. The molecule has 1 rings (SSSR count). The van der Waals surface area contributed by atoms with Gasteiger partial charge in [0.05, 0.1) is 6.10 Å². The number of aryl methyl sites for hydroxylation is 2. The van der Waals surface area contributed by atoms with Crippen LogP contribution < -0.4 is 5.32 Å². The summed E-state index contributed by atoms with van der Waals surface area (Å²) in [6, 6.07) is 4.11. The van der Waals surface area contributed by atoms with Crippen molar-refractivity contribution >= 4 is 15.9 Å². The summed E-state index contributed by atoms with van der Waals surface area (Å²) in [6.45, 7) is 4.64. The van der Waals surface area contributed by atoms with Crippen LogP contribution in [0, 0.1) is 13.8 Å². The molecule has 1 aromatic rings. The van der Waals surface area contributed by atoms with Gasteiger partial charge in [0.2, 0.25) is 0 Å². The van der Waals surface area contributed by atoms with Crippen LogP contribution in [0.5, 0.6) is 0 Å². The first-order chi connectivity index (χ1) is 6.56. The van der Waals surface area contributed by atoms with E-state index in [0.29, 0.717) is 6.54 Å². The van der Waals surface area contributed by atoms with E-state index in [9.17, 15) is 5.11 Å². The van der Waals surface area contributed by atoms with Crippen LogP contribution in [0.25, 0.3) is 0 Å². The summed E-state index contributed by atoms with van der Waals surface area (Å²) < 4.78 is 0.984. The van der Waals surface area contributed by atoms with Crippen LogP contribution in [0.3, 0.4) is 0 Å². The lowest BCUT2D eigenvalue weighted by Gasteiger charge is -2.16. The van der Waals surface area contributed by atoms with Gasteiger partial charge in [-0.2, -0.15) is 0 Å². The maximum atomic E-state index is 9.88. The number of aliphatic hydroxyl groups is 1. The average molecular weight is 258 g/mol. The van der Waals surface area contributed by atoms with Crippen LogP contribution in [-0.4, -0.2) is 18.7 Å². The van der Waals surface area contributed by atoms with Gasteiger partial charge in [0, 0.05) is 11.0 Å². The summed E-state index contributed by atoms with van der Waals surface area (Å²) in [4.78, 5) is 0. The summed E-state index contributed by atoms with van der Waals surface area (Å²) in [5.41, 5.74) is 3.30. The predicted octanol–water partition coefficient (Wildman–Crippen LogP) is 2.32. The number of likely N-dealkylation sites (N-methyl/N-ethyl adjacent to an activating group) is 1. The van der Waals surface area contributed by atoms with Crippen LogP contribution >= 0.6 is 15.9 Å². The molecule has 0 fully saturated rings. The van der Waals surface area contributed by atoms with Crippen molar-refractivity contribution in [2.45, 2.75) is 20.0 Å². The Morgan fingerprint density at radius 1 is 1.43 bits per heavy atom. The van der Waals surface area contributed by atoms with Crippen molar-refractivity contribution in [3.8, 4) is 0 Å². The molecule has 0 spiro atoms. The molecule has 78 valence electrons. The summed E-state index contributed by atoms with van der Waals surface area (Å²) in [7, 11) is 1.83. The molecule has 2 N–H and O–H groups in total. The Hall–Kier alpha value is -0.380. The molecule has 0 aromatic heterocycles. The molecule has 0 bridgehead atoms. The molecule has 2 nitrogen and oxygen atoms in total. The highest BCUT2D eigenvalue weighted by atomic mass is 79.9. The maximum Gasteiger partial charge on any atom is 0.0927 e. The van der Waals surface area contributed by atoms with Crippen molar-refractivity contribution in [3.63, 3.8) is 0 Å². The number of nitrogens with one attached hydrogen (secondary N) is 1. The van der Waals surface area contributed by atoms with E-state index in [-0.39, 0.29) is 0 Å². The first kappa shape index (κ1) is 11.7. The van der Waals surface area contributed by atoms with Crippen molar-refractivity contribution in [2.75, 3.05) is 13.6 Å². The molecule has 1 unspecified atom stereocenters. The van der Waals surface area contributed by atoms with Gasteiger partial charge in [0.15, 0.2) is 0 Å². The molecule has 1 atom stereocenters. The Balaban J connectivity index is 3.07. The molecule has 14 heavy (non-hydrogen) atoms. The molecule has 0 saturated carbocycles. The quantitative estimate of drug-likeness (QED) is 0.872. The molecule has 0 aliphatic heterocycles. The fraction of sp³-hybridized carbons (Fsp3) is 0.455. The molecule has 0 radical (unpaired) electrons. The SMILES string of the molecule is CNCC(O)c1c(C)cc(C)cc1Br. The number of hydrogen-bond donors (Lipinski definition) is 2. The molecule has 0 aliphatic rings. The van der Waals surface area contributed by atoms with Crippen LogP contribution in [0.15, 0.2) is 16.6 Å². The number of hydrogen-bond acceptors (Lipinski definition) is 2. The average Bonchev–Trinajstić information content (AvgIpc) is 2.01. The smallest absolute Gasteiger partial charge is 0.0927 e. The second kappa shape index (κ2) is 4.91. The Morgan fingerprint density at radius 3 is 2.57 bits per heavy atom. The highest BCUT2D eigenvalue weighted by Crippen LogP contribution is 2.27. The van der Waals surface area contributed by atoms with Gasteiger partial charge in [-0.3, -0.25) is 0 Å². The summed E-state index contributed by atoms with van der Waals surface area (Å²) in [5.74, 6) is 0. The minimum atomic E-state index is -0.449. The van der Waals surface area contributed by atoms with Crippen LogP contribution in [0.4, 0.5) is 0 Å². The summed E-state index contributed by atoms with van der Waals surface area (Å²) in [6.07, 6.45) is -0.449. The highest BCUT2D eigenvalue weighted by Gasteiger charge is 2.13. The number of benzene rings is 1. The maximum absolute atomic E-state index is 9.88. The Labute approximate surface area is 93.5 Å². The zero-order chi connectivity index (χ0) is 10.7. The van der Waals surface area contributed by atoms with E-state index in [4.69, 9.17) is 0 Å². The normalized spacial score (nSPS) is 12.9. The van der Waals surface area contributed by atoms with Crippen LogP contribution in [0.1, 0.15) is 22.8 Å². The lowest BCUT2D eigenvalue weighted by atomic mass is 10.0. The van der Waals surface area contributed by atoms with Gasteiger partial charge in [0.1, 0.15) is 0 Å². The molecule has 0 saturated heterocycles. The minimum absolute atomic E-state index is 0.449. The molecule has 0 amide bonds. The van der Waals surface area contributed by atoms with Crippen molar-refractivity contribution in [3.05, 3.63) is 33.3 Å². The summed E-state index contributed by atoms with van der Waals surface area (Å²) in [5, 5.41) is 12.8. The van der Waals surface area contributed by atoms with Gasteiger partial charge in [-0.05, 0) is 43.7 Å². The molecule has 1 aromatic carbocycles. The van der Waals surface area contributed by atoms with Gasteiger partial charge in [-0.15, -0.1) is 0 Å². The molecule has 0 aliphatic carbocycles. The molecular weight excluding hydrogens is 242 g/mol. The minimum Gasteiger partial charge on any atom is -0.387 e. The standard InChI is InChI=1S/C11H16BrNO/c1-7-4-8(2)11(9(12)5-7)10(14)6-13-3/h4-5,10,13-14H,6H2,1-3H3. The first-order valence-electron chi connectivity index (χ1n) is 4.65. The second-order valence-corrected chi connectivity index (χ2v) is 4.41. The zero-order valence-corrected chi connectivity index (χ0v) is 10.4. The van der Waals surface area contributed by atoms with Crippen molar-refractivity contribution in [2.24, 2.45) is 0 Å². The third kappa shape index (κ3) is 2.56. The topological polar surface area (TPSA) is 32.3 Å². The fourth-order valence-corrected chi connectivity index (χ4v) is 2.58. The summed E-state index contributed by atoms with van der Waals surface area (Å²) >= 11 is 3.48. The van der Waals surface area contributed by atoms with Crippen LogP contribution in [-0.2, 0) is 0 Å². The molecule has 3 heteroatoms. The fourth-order valence-electron chi connectivity index (χ4n) is 1.64. The van der Waals surface area contributed by atoms with E-state index in [1.807, 2.05) is 27.0 Å². The third-order valence-corrected chi connectivity index (χ3v) is 2.87. The van der Waals surface area contributed by atoms with Gasteiger partial charge < -0.3 is 10.4 Å². The highest BCUT2D eigenvalue weighted by molar-refractivity contribution is 9.10. The van der Waals surface area contributed by atoms with Crippen LogP contribution in [0.2, 0.25) is 0 Å². The third-order valence-electron chi connectivity index (χ3n) is 2.21. The number of halogens is 1. The van der Waals surface area contributed by atoms with Gasteiger partial charge in [-0.1, -0.05) is 22.0 Å². The number of aliphatic hydroxyl groups excluding tert-OH is 1. The monoisotopic (exact) mass is 257 g/mol. The zero-order valence-electron chi connectivity index (χ0n) is 8.76. The first-order valence-corrected chi connectivity index (χ1v) is 5.45. The van der Waals surface area contributed by atoms with E-state index in [1.165, 1.54) is 5.56 Å². The molecular formula is C11H16BrNO. The van der Waals surface area contributed by atoms with Gasteiger partial charge in [-0.25, -0.2) is 0 Å². The van der Waals surface area contributed by atoms with Crippen molar-refractivity contribution in [1.82, 2.24) is 5.32 Å². The second-order valence-electron chi connectivity index (χ2n) is 3.55. The van der Waals surface area contributed by atoms with Gasteiger partial charge in [0.25, 0.3) is 0 Å².